The summed E-state index contributed by atoms with van der Waals surface area (Å²) in [7, 11) is 0. The fraction of sp³-hybridized carbons (Fsp3) is 0.208. The fourth-order valence-corrected chi connectivity index (χ4v) is 3.51. The van der Waals surface area contributed by atoms with Gasteiger partial charge in [0.15, 0.2) is 0 Å². The van der Waals surface area contributed by atoms with Gasteiger partial charge in [-0.25, -0.2) is 4.98 Å². The molecule has 0 saturated heterocycles. The Hall–Kier alpha value is -3.27. The highest BCUT2D eigenvalue weighted by Crippen LogP contribution is 2.26. The maximum absolute atomic E-state index is 6.24. The van der Waals surface area contributed by atoms with Gasteiger partial charge in [-0.3, -0.25) is 4.57 Å². The molecule has 1 heterocycles. The minimum absolute atomic E-state index is 0.489. The lowest BCUT2D eigenvalue weighted by Crippen LogP contribution is -2.00. The van der Waals surface area contributed by atoms with Crippen LogP contribution in [-0.4, -0.2) is 16.2 Å². The number of hydrogen-bond donors (Lipinski definition) is 1. The highest BCUT2D eigenvalue weighted by atomic mass is 16.5. The molecule has 4 rings (SSSR count). The number of ether oxygens (including phenoxy) is 1. The van der Waals surface area contributed by atoms with Crippen LogP contribution < -0.4 is 10.5 Å². The van der Waals surface area contributed by atoms with Crippen LogP contribution in [0.3, 0.4) is 0 Å². The largest absolute Gasteiger partial charge is 0.494 e. The summed E-state index contributed by atoms with van der Waals surface area (Å²) in [5, 5.41) is 0. The number of hydrogen-bond acceptors (Lipinski definition) is 3. The molecule has 0 aliphatic carbocycles. The van der Waals surface area contributed by atoms with E-state index in [2.05, 4.69) is 54.4 Å². The van der Waals surface area contributed by atoms with Gasteiger partial charge in [0.25, 0.3) is 0 Å². The average Bonchev–Trinajstić information content (AvgIpc) is 3.04. The van der Waals surface area contributed by atoms with Crippen LogP contribution in [0.1, 0.15) is 30.5 Å². The molecular formula is C24H25N3O. The lowest BCUT2D eigenvalue weighted by Gasteiger charge is -2.09. The van der Waals surface area contributed by atoms with Gasteiger partial charge in [0.1, 0.15) is 5.75 Å². The van der Waals surface area contributed by atoms with E-state index >= 15 is 0 Å². The van der Waals surface area contributed by atoms with Crippen LogP contribution in [0.2, 0.25) is 0 Å². The quantitative estimate of drug-likeness (QED) is 0.509. The molecule has 0 radical (unpaired) electrons. The molecule has 0 saturated carbocycles. The molecule has 4 aromatic rings. The van der Waals surface area contributed by atoms with Crippen molar-refractivity contribution in [2.75, 3.05) is 12.3 Å². The van der Waals surface area contributed by atoms with E-state index in [4.69, 9.17) is 10.5 Å². The lowest BCUT2D eigenvalue weighted by molar-refractivity contribution is 0.340. The second-order valence-corrected chi connectivity index (χ2v) is 6.90. The van der Waals surface area contributed by atoms with Crippen molar-refractivity contribution in [2.45, 2.75) is 26.7 Å². The van der Waals surface area contributed by atoms with Gasteiger partial charge in [0.05, 0.1) is 17.6 Å². The first-order chi connectivity index (χ1) is 13.7. The van der Waals surface area contributed by atoms with Gasteiger partial charge in [0.2, 0.25) is 5.95 Å². The average molecular weight is 371 g/mol. The first-order valence-electron chi connectivity index (χ1n) is 9.76. The van der Waals surface area contributed by atoms with E-state index in [1.807, 2.05) is 35.8 Å². The van der Waals surface area contributed by atoms with Crippen molar-refractivity contribution < 1.29 is 4.74 Å². The van der Waals surface area contributed by atoms with Crippen LogP contribution in [0.25, 0.3) is 16.7 Å². The smallest absolute Gasteiger partial charge is 0.205 e. The van der Waals surface area contributed by atoms with E-state index in [0.717, 1.165) is 35.3 Å². The molecule has 0 spiro atoms. The Balaban J connectivity index is 1.64. The van der Waals surface area contributed by atoms with Gasteiger partial charge in [-0.05, 0) is 72.9 Å². The molecule has 0 aliphatic rings. The zero-order chi connectivity index (χ0) is 19.5. The molecule has 3 aromatic carbocycles. The first kappa shape index (κ1) is 18.1. The molecular weight excluding hydrogens is 346 g/mol. The summed E-state index contributed by atoms with van der Waals surface area (Å²) in [6.07, 6.45) is 1.95. The Kier molecular flexibility index (Phi) is 5.02. The van der Waals surface area contributed by atoms with Gasteiger partial charge in [-0.1, -0.05) is 37.3 Å². The minimum atomic E-state index is 0.489. The van der Waals surface area contributed by atoms with Gasteiger partial charge >= 0.3 is 0 Å². The summed E-state index contributed by atoms with van der Waals surface area (Å²) in [5.74, 6) is 1.34. The van der Waals surface area contributed by atoms with Crippen LogP contribution in [-0.2, 0) is 12.8 Å². The second kappa shape index (κ2) is 7.77. The summed E-state index contributed by atoms with van der Waals surface area (Å²) in [4.78, 5) is 4.59. The van der Waals surface area contributed by atoms with Gasteiger partial charge < -0.3 is 10.5 Å². The van der Waals surface area contributed by atoms with Crippen LogP contribution in [0.4, 0.5) is 5.95 Å². The summed E-state index contributed by atoms with van der Waals surface area (Å²) in [6, 6.07) is 23.1. The Morgan fingerprint density at radius 1 is 0.857 bits per heavy atom. The van der Waals surface area contributed by atoms with Gasteiger partial charge in [-0.15, -0.1) is 0 Å². The Morgan fingerprint density at radius 2 is 1.54 bits per heavy atom. The van der Waals surface area contributed by atoms with E-state index in [1.54, 1.807) is 0 Å². The minimum Gasteiger partial charge on any atom is -0.494 e. The molecule has 28 heavy (non-hydrogen) atoms. The molecule has 0 unspecified atom stereocenters. The second-order valence-electron chi connectivity index (χ2n) is 6.90. The number of aryl methyl sites for hydroxylation is 1. The number of nitrogens with two attached hydrogens (primary N) is 1. The van der Waals surface area contributed by atoms with Crippen molar-refractivity contribution in [3.63, 3.8) is 0 Å². The number of nitrogen functional groups attached to an aromatic ring is 1. The number of imidazole rings is 1. The highest BCUT2D eigenvalue weighted by Gasteiger charge is 2.11. The summed E-state index contributed by atoms with van der Waals surface area (Å²) < 4.78 is 7.50. The van der Waals surface area contributed by atoms with E-state index < -0.39 is 0 Å². The molecule has 1 aromatic heterocycles. The third-order valence-electron chi connectivity index (χ3n) is 4.99. The standard InChI is InChI=1S/C24H25N3O/c1-3-17-5-7-18(8-6-17)15-19-9-14-23-22(16-19)26-24(25)27(23)20-10-12-21(13-11-20)28-4-2/h5-14,16H,3-4,15H2,1-2H3,(H2,25,26). The molecule has 0 amide bonds. The maximum Gasteiger partial charge on any atom is 0.205 e. The third-order valence-corrected chi connectivity index (χ3v) is 4.99. The van der Waals surface area contributed by atoms with Crippen molar-refractivity contribution >= 4 is 17.0 Å². The van der Waals surface area contributed by atoms with Gasteiger partial charge in [0, 0.05) is 5.69 Å². The molecule has 142 valence electrons. The van der Waals surface area contributed by atoms with Crippen molar-refractivity contribution in [3.8, 4) is 11.4 Å². The predicted molar refractivity (Wildman–Crippen MR) is 115 cm³/mol. The topological polar surface area (TPSA) is 53.1 Å². The Labute approximate surface area is 165 Å². The number of nitrogens with zero attached hydrogens (tertiary/aromatic N) is 2. The number of aromatic nitrogens is 2. The highest BCUT2D eigenvalue weighted by molar-refractivity contribution is 5.81. The zero-order valence-electron chi connectivity index (χ0n) is 16.4. The van der Waals surface area contributed by atoms with E-state index in [-0.39, 0.29) is 0 Å². The number of rotatable bonds is 6. The molecule has 0 bridgehead atoms. The van der Waals surface area contributed by atoms with Crippen molar-refractivity contribution in [1.82, 2.24) is 9.55 Å². The van der Waals surface area contributed by atoms with Crippen LogP contribution in [0, 0.1) is 0 Å². The SMILES string of the molecule is CCOc1ccc(-n2c(N)nc3cc(Cc4ccc(CC)cc4)ccc32)cc1. The van der Waals surface area contributed by atoms with Crippen molar-refractivity contribution in [1.29, 1.82) is 0 Å². The van der Waals surface area contributed by atoms with Crippen LogP contribution in [0.15, 0.2) is 66.7 Å². The van der Waals surface area contributed by atoms with Crippen LogP contribution >= 0.6 is 0 Å². The van der Waals surface area contributed by atoms with Gasteiger partial charge in [-0.2, -0.15) is 0 Å². The number of fused-ring (bicyclic) bond motifs is 1. The van der Waals surface area contributed by atoms with Crippen molar-refractivity contribution in [2.24, 2.45) is 0 Å². The number of anilines is 1. The summed E-state index contributed by atoms with van der Waals surface area (Å²) >= 11 is 0. The molecule has 0 atom stereocenters. The molecule has 2 N–H and O–H groups in total. The molecule has 4 heteroatoms. The van der Waals surface area contributed by atoms with Crippen molar-refractivity contribution in [3.05, 3.63) is 83.4 Å². The first-order valence-corrected chi connectivity index (χ1v) is 9.76. The Morgan fingerprint density at radius 3 is 2.21 bits per heavy atom. The molecule has 0 aliphatic heterocycles. The maximum atomic E-state index is 6.24. The Bertz CT molecular complexity index is 1080. The van der Waals surface area contributed by atoms with E-state index in [9.17, 15) is 0 Å². The molecule has 4 nitrogen and oxygen atoms in total. The lowest BCUT2D eigenvalue weighted by atomic mass is 10.0. The monoisotopic (exact) mass is 371 g/mol. The fourth-order valence-electron chi connectivity index (χ4n) is 3.51. The summed E-state index contributed by atoms with van der Waals surface area (Å²) in [6.45, 7) is 4.80. The predicted octanol–water partition coefficient (Wildman–Crippen LogP) is 5.16. The van der Waals surface area contributed by atoms with Crippen LogP contribution in [0.5, 0.6) is 5.75 Å². The zero-order valence-corrected chi connectivity index (χ0v) is 16.4. The van der Waals surface area contributed by atoms with E-state index in [1.165, 1.54) is 16.7 Å². The number of benzene rings is 3. The third kappa shape index (κ3) is 3.58. The summed E-state index contributed by atoms with van der Waals surface area (Å²) in [5.41, 5.74) is 13.0. The normalized spacial score (nSPS) is 11.1. The molecule has 0 fully saturated rings. The van der Waals surface area contributed by atoms with E-state index in [0.29, 0.717) is 12.6 Å².